The maximum atomic E-state index is 12.0. The first-order chi connectivity index (χ1) is 12.4. The van der Waals surface area contributed by atoms with Crippen LogP contribution in [0.15, 0.2) is 29.3 Å². The highest BCUT2D eigenvalue weighted by Gasteiger charge is 2.28. The van der Waals surface area contributed by atoms with Crippen LogP contribution in [0.3, 0.4) is 0 Å². The Balaban J connectivity index is 1.80. The lowest BCUT2D eigenvalue weighted by Crippen LogP contribution is -2.51. The summed E-state index contributed by atoms with van der Waals surface area (Å²) in [7, 11) is 0. The number of rotatable bonds is 6. The van der Waals surface area contributed by atoms with Crippen LogP contribution in [-0.4, -0.2) is 65.1 Å². The first-order valence-corrected chi connectivity index (χ1v) is 10.1. The number of benzene rings is 1. The summed E-state index contributed by atoms with van der Waals surface area (Å²) < 4.78 is 0.240. The Hall–Kier alpha value is -1.89. The van der Waals surface area contributed by atoms with Gasteiger partial charge in [-0.1, -0.05) is 6.07 Å². The van der Waals surface area contributed by atoms with Gasteiger partial charge in [0.05, 0.1) is 0 Å². The fourth-order valence-electron chi connectivity index (χ4n) is 2.84. The number of carbonyl (C=O) groups excluding carboxylic acids is 1. The second-order valence-corrected chi connectivity index (χ2v) is 8.73. The first-order valence-electron chi connectivity index (χ1n) is 9.16. The van der Waals surface area contributed by atoms with Crippen LogP contribution in [-0.2, 0) is 0 Å². The third-order valence-corrected chi connectivity index (χ3v) is 5.35. The molecule has 0 aliphatic carbocycles. The Labute approximate surface area is 160 Å². The molecular formula is C19H30N4O2S. The molecule has 2 rings (SSSR count). The molecule has 144 valence electrons. The van der Waals surface area contributed by atoms with Gasteiger partial charge in [-0.15, -0.1) is 0 Å². The number of guanidine groups is 1. The summed E-state index contributed by atoms with van der Waals surface area (Å²) in [5.41, 5.74) is 0.467. The molecule has 26 heavy (non-hydrogen) atoms. The predicted octanol–water partition coefficient (Wildman–Crippen LogP) is 2.31. The van der Waals surface area contributed by atoms with Crippen LogP contribution < -0.4 is 10.6 Å². The lowest BCUT2D eigenvalue weighted by molar-refractivity contribution is 0.0953. The number of amides is 1. The van der Waals surface area contributed by atoms with Gasteiger partial charge < -0.3 is 20.6 Å². The van der Waals surface area contributed by atoms with Crippen molar-refractivity contribution in [3.05, 3.63) is 29.8 Å². The maximum absolute atomic E-state index is 12.0. The zero-order chi connectivity index (χ0) is 19.0. The standard InChI is InChI=1S/C19H30N4O2S/c1-4-20-18(23-11-12-26-19(2,3)14-23)22-10-6-9-21-17(25)15-7-5-8-16(24)13-15/h5,7-8,13,24H,4,6,9-12,14H2,1-3H3,(H,20,22)(H,21,25). The van der Waals surface area contributed by atoms with E-state index in [1.165, 1.54) is 6.07 Å². The third-order valence-electron chi connectivity index (χ3n) is 4.05. The minimum atomic E-state index is -0.174. The normalized spacial score (nSPS) is 17.0. The molecule has 0 radical (unpaired) electrons. The SMILES string of the molecule is CCNC(=NCCCNC(=O)c1cccc(O)c1)N1CCSC(C)(C)C1. The molecule has 0 saturated carbocycles. The molecule has 0 unspecified atom stereocenters. The first kappa shape index (κ1) is 20.4. The average Bonchev–Trinajstić information content (AvgIpc) is 2.59. The van der Waals surface area contributed by atoms with Gasteiger partial charge in [0.25, 0.3) is 5.91 Å². The van der Waals surface area contributed by atoms with Gasteiger partial charge in [0.15, 0.2) is 5.96 Å². The highest BCUT2D eigenvalue weighted by atomic mass is 32.2. The third kappa shape index (κ3) is 6.44. The molecule has 0 bridgehead atoms. The Bertz CT molecular complexity index is 634. The van der Waals surface area contributed by atoms with Gasteiger partial charge in [0, 0.05) is 48.8 Å². The molecule has 1 aliphatic rings. The van der Waals surface area contributed by atoms with Crippen LogP contribution >= 0.6 is 11.8 Å². The van der Waals surface area contributed by atoms with Gasteiger partial charge in [-0.25, -0.2) is 0 Å². The van der Waals surface area contributed by atoms with Gasteiger partial charge >= 0.3 is 0 Å². The highest BCUT2D eigenvalue weighted by Crippen LogP contribution is 2.29. The summed E-state index contributed by atoms with van der Waals surface area (Å²) in [5, 5.41) is 15.7. The Morgan fingerprint density at radius 2 is 2.19 bits per heavy atom. The van der Waals surface area contributed by atoms with Crippen molar-refractivity contribution in [2.45, 2.75) is 31.9 Å². The van der Waals surface area contributed by atoms with E-state index in [9.17, 15) is 9.90 Å². The number of phenols is 1. The van der Waals surface area contributed by atoms with Crippen LogP contribution in [0.25, 0.3) is 0 Å². The topological polar surface area (TPSA) is 77.0 Å². The van der Waals surface area contributed by atoms with Crippen LogP contribution in [0.4, 0.5) is 0 Å². The van der Waals surface area contributed by atoms with Gasteiger partial charge in [-0.2, -0.15) is 11.8 Å². The van der Waals surface area contributed by atoms with E-state index in [2.05, 4.69) is 36.3 Å². The molecular weight excluding hydrogens is 348 g/mol. The number of phenolic OH excluding ortho intramolecular Hbond substituents is 1. The number of carbonyl (C=O) groups is 1. The van der Waals surface area contributed by atoms with E-state index in [0.717, 1.165) is 37.8 Å². The number of nitrogens with one attached hydrogen (secondary N) is 2. The Morgan fingerprint density at radius 1 is 1.38 bits per heavy atom. The van der Waals surface area contributed by atoms with Gasteiger partial charge in [0.2, 0.25) is 0 Å². The zero-order valence-electron chi connectivity index (χ0n) is 15.9. The molecule has 0 atom stereocenters. The van der Waals surface area contributed by atoms with Crippen molar-refractivity contribution in [2.24, 2.45) is 4.99 Å². The summed E-state index contributed by atoms with van der Waals surface area (Å²) in [6, 6.07) is 6.36. The molecule has 6 nitrogen and oxygen atoms in total. The summed E-state index contributed by atoms with van der Waals surface area (Å²) in [4.78, 5) is 19.1. The van der Waals surface area contributed by atoms with Crippen molar-refractivity contribution in [1.82, 2.24) is 15.5 Å². The van der Waals surface area contributed by atoms with Crippen molar-refractivity contribution in [2.75, 3.05) is 38.5 Å². The second kappa shape index (κ2) is 9.71. The number of thioether (sulfide) groups is 1. The molecule has 1 aromatic rings. The van der Waals surface area contributed by atoms with E-state index in [-0.39, 0.29) is 16.4 Å². The maximum Gasteiger partial charge on any atom is 0.251 e. The van der Waals surface area contributed by atoms with Gasteiger partial charge in [-0.3, -0.25) is 9.79 Å². The van der Waals surface area contributed by atoms with E-state index < -0.39 is 0 Å². The summed E-state index contributed by atoms with van der Waals surface area (Å²) in [6.45, 7) is 10.7. The average molecular weight is 379 g/mol. The molecule has 1 aromatic carbocycles. The van der Waals surface area contributed by atoms with Crippen LogP contribution in [0.5, 0.6) is 5.75 Å². The van der Waals surface area contributed by atoms with Crippen molar-refractivity contribution >= 4 is 23.6 Å². The highest BCUT2D eigenvalue weighted by molar-refractivity contribution is 8.00. The Morgan fingerprint density at radius 3 is 2.88 bits per heavy atom. The summed E-state index contributed by atoms with van der Waals surface area (Å²) >= 11 is 2.00. The van der Waals surface area contributed by atoms with E-state index in [1.54, 1.807) is 18.2 Å². The smallest absolute Gasteiger partial charge is 0.251 e. The summed E-state index contributed by atoms with van der Waals surface area (Å²) in [6.07, 6.45) is 0.769. The van der Waals surface area contributed by atoms with Gasteiger partial charge in [0.1, 0.15) is 5.75 Å². The fraction of sp³-hybridized carbons (Fsp3) is 0.579. The molecule has 0 aromatic heterocycles. The molecule has 7 heteroatoms. The van der Waals surface area contributed by atoms with Crippen molar-refractivity contribution in [1.29, 1.82) is 0 Å². The summed E-state index contributed by atoms with van der Waals surface area (Å²) in [5.74, 6) is 1.99. The molecule has 1 saturated heterocycles. The van der Waals surface area contributed by atoms with Crippen molar-refractivity contribution in [3.63, 3.8) is 0 Å². The van der Waals surface area contributed by atoms with Gasteiger partial charge in [-0.05, 0) is 45.4 Å². The van der Waals surface area contributed by atoms with Crippen LogP contribution in [0, 0.1) is 0 Å². The number of hydrogen-bond donors (Lipinski definition) is 3. The van der Waals surface area contributed by atoms with E-state index in [0.29, 0.717) is 18.7 Å². The number of nitrogens with zero attached hydrogens (tertiary/aromatic N) is 2. The lowest BCUT2D eigenvalue weighted by atomic mass is 10.2. The number of hydrogen-bond acceptors (Lipinski definition) is 4. The second-order valence-electron chi connectivity index (χ2n) is 6.93. The molecule has 3 N–H and O–H groups in total. The van der Waals surface area contributed by atoms with Crippen molar-refractivity contribution < 1.29 is 9.90 Å². The quantitative estimate of drug-likeness (QED) is 0.402. The predicted molar refractivity (Wildman–Crippen MR) is 109 cm³/mol. The van der Waals surface area contributed by atoms with Crippen LogP contribution in [0.1, 0.15) is 37.6 Å². The monoisotopic (exact) mass is 378 g/mol. The molecule has 1 heterocycles. The van der Waals surface area contributed by atoms with E-state index >= 15 is 0 Å². The number of aromatic hydroxyl groups is 1. The fourth-order valence-corrected chi connectivity index (χ4v) is 3.95. The molecule has 1 amide bonds. The van der Waals surface area contributed by atoms with Crippen molar-refractivity contribution in [3.8, 4) is 5.75 Å². The Kier molecular flexibility index (Phi) is 7.63. The lowest BCUT2D eigenvalue weighted by Gasteiger charge is -2.39. The largest absolute Gasteiger partial charge is 0.508 e. The minimum absolute atomic E-state index is 0.0974. The molecule has 1 aliphatic heterocycles. The zero-order valence-corrected chi connectivity index (χ0v) is 16.7. The van der Waals surface area contributed by atoms with E-state index in [4.69, 9.17) is 4.99 Å². The van der Waals surface area contributed by atoms with E-state index in [1.807, 2.05) is 11.8 Å². The van der Waals surface area contributed by atoms with Crippen LogP contribution in [0.2, 0.25) is 0 Å². The molecule has 0 spiro atoms. The molecule has 1 fully saturated rings. The minimum Gasteiger partial charge on any atom is -0.508 e. The number of aliphatic imine (C=N–C) groups is 1.